The largest absolute Gasteiger partial charge is 0.337 e. The molecule has 5 nitrogen and oxygen atoms in total. The van der Waals surface area contributed by atoms with Crippen LogP contribution in [0.15, 0.2) is 39.3 Å². The zero-order valence-electron chi connectivity index (χ0n) is 11.6. The Morgan fingerprint density at radius 1 is 1.29 bits per heavy atom. The highest BCUT2D eigenvalue weighted by molar-refractivity contribution is 9.10. The van der Waals surface area contributed by atoms with Crippen molar-refractivity contribution in [2.24, 2.45) is 5.73 Å². The number of benzene rings is 1. The van der Waals surface area contributed by atoms with Crippen LogP contribution >= 0.6 is 15.9 Å². The number of rotatable bonds is 4. The highest BCUT2D eigenvalue weighted by Gasteiger charge is 2.17. The van der Waals surface area contributed by atoms with E-state index in [0.29, 0.717) is 17.4 Å². The van der Waals surface area contributed by atoms with Crippen molar-refractivity contribution in [3.63, 3.8) is 0 Å². The molecule has 2 aromatic heterocycles. The van der Waals surface area contributed by atoms with Crippen LogP contribution in [0.1, 0.15) is 31.7 Å². The summed E-state index contributed by atoms with van der Waals surface area (Å²) in [5.74, 6) is 0.905. The first kappa shape index (κ1) is 14.2. The molecule has 2 heterocycles. The summed E-state index contributed by atoms with van der Waals surface area (Å²) >= 11 is 3.52. The van der Waals surface area contributed by atoms with Crippen LogP contribution in [0.3, 0.4) is 0 Å². The molecule has 3 aromatic rings. The molecule has 0 aliphatic rings. The van der Waals surface area contributed by atoms with Crippen LogP contribution in [-0.4, -0.2) is 15.1 Å². The van der Waals surface area contributed by atoms with E-state index < -0.39 is 0 Å². The number of hydrogen-bond donors (Lipinski definition) is 1. The van der Waals surface area contributed by atoms with Gasteiger partial charge in [-0.15, -0.1) is 0 Å². The van der Waals surface area contributed by atoms with Gasteiger partial charge >= 0.3 is 0 Å². The monoisotopic (exact) mass is 346 g/mol. The molecule has 1 atom stereocenters. The van der Waals surface area contributed by atoms with Gasteiger partial charge in [0.05, 0.1) is 11.6 Å². The summed E-state index contributed by atoms with van der Waals surface area (Å²) in [7, 11) is 0. The van der Waals surface area contributed by atoms with Crippen LogP contribution < -0.4 is 5.73 Å². The number of aromatic nitrogens is 3. The second-order valence-electron chi connectivity index (χ2n) is 4.86. The van der Waals surface area contributed by atoms with Crippen molar-refractivity contribution in [2.75, 3.05) is 0 Å². The molecule has 0 bridgehead atoms. The summed E-state index contributed by atoms with van der Waals surface area (Å²) in [6.07, 6.45) is 1.78. The number of nitrogens with zero attached hydrogens (tertiary/aromatic N) is 3. The summed E-state index contributed by atoms with van der Waals surface area (Å²) in [5.41, 5.74) is 7.55. The molecule has 0 aliphatic carbocycles. The fourth-order valence-corrected chi connectivity index (χ4v) is 2.68. The van der Waals surface area contributed by atoms with Gasteiger partial charge in [0.15, 0.2) is 0 Å². The van der Waals surface area contributed by atoms with Crippen molar-refractivity contribution < 1.29 is 4.52 Å². The maximum absolute atomic E-state index is 6.00. The van der Waals surface area contributed by atoms with Crippen LogP contribution in [0, 0.1) is 0 Å². The third-order valence-corrected chi connectivity index (χ3v) is 3.85. The fourth-order valence-electron chi connectivity index (χ4n) is 2.16. The SMILES string of the molecule is CCC[C@@H](N)c1nc(-c2nc3ccccc3cc2Br)no1. The molecule has 0 saturated carbocycles. The normalized spacial score (nSPS) is 12.7. The molecule has 0 unspecified atom stereocenters. The van der Waals surface area contributed by atoms with E-state index in [1.165, 1.54) is 0 Å². The maximum atomic E-state index is 6.00. The lowest BCUT2D eigenvalue weighted by Crippen LogP contribution is -2.09. The Hall–Kier alpha value is -1.79. The zero-order valence-corrected chi connectivity index (χ0v) is 13.2. The molecular weight excluding hydrogens is 332 g/mol. The molecule has 6 heteroatoms. The van der Waals surface area contributed by atoms with E-state index in [-0.39, 0.29) is 6.04 Å². The van der Waals surface area contributed by atoms with Gasteiger partial charge in [0.1, 0.15) is 5.69 Å². The fraction of sp³-hybridized carbons (Fsp3) is 0.267. The minimum absolute atomic E-state index is 0.226. The lowest BCUT2D eigenvalue weighted by molar-refractivity contribution is 0.348. The van der Waals surface area contributed by atoms with Crippen LogP contribution in [0.2, 0.25) is 0 Å². The molecule has 0 aliphatic heterocycles. The second-order valence-corrected chi connectivity index (χ2v) is 5.72. The third-order valence-electron chi connectivity index (χ3n) is 3.25. The van der Waals surface area contributed by atoms with E-state index in [1.54, 1.807) is 0 Å². The van der Waals surface area contributed by atoms with Crippen molar-refractivity contribution in [1.29, 1.82) is 0 Å². The zero-order chi connectivity index (χ0) is 14.8. The van der Waals surface area contributed by atoms with Gasteiger partial charge in [0.2, 0.25) is 11.7 Å². The standard InChI is InChI=1S/C15H15BrN4O/c1-2-5-11(17)15-19-14(20-21-15)13-10(16)8-9-6-3-4-7-12(9)18-13/h3-4,6-8,11H,2,5,17H2,1H3/t11-/m1/s1. The van der Waals surface area contributed by atoms with E-state index in [1.807, 2.05) is 30.3 Å². The van der Waals surface area contributed by atoms with Crippen molar-refractivity contribution in [3.05, 3.63) is 40.7 Å². The highest BCUT2D eigenvalue weighted by Crippen LogP contribution is 2.28. The predicted octanol–water partition coefficient (Wildman–Crippen LogP) is 3.85. The maximum Gasteiger partial charge on any atom is 0.243 e. The van der Waals surface area contributed by atoms with E-state index in [0.717, 1.165) is 28.2 Å². The number of para-hydroxylation sites is 1. The molecule has 2 N–H and O–H groups in total. The van der Waals surface area contributed by atoms with Crippen LogP contribution in [-0.2, 0) is 0 Å². The lowest BCUT2D eigenvalue weighted by atomic mass is 10.2. The number of fused-ring (bicyclic) bond motifs is 1. The van der Waals surface area contributed by atoms with Gasteiger partial charge in [0, 0.05) is 9.86 Å². The van der Waals surface area contributed by atoms with Gasteiger partial charge in [-0.05, 0) is 34.5 Å². The van der Waals surface area contributed by atoms with Gasteiger partial charge in [-0.1, -0.05) is 36.7 Å². The summed E-state index contributed by atoms with van der Waals surface area (Å²) in [6.45, 7) is 2.07. The summed E-state index contributed by atoms with van der Waals surface area (Å²) < 4.78 is 6.08. The van der Waals surface area contributed by atoms with Crippen LogP contribution in [0.4, 0.5) is 0 Å². The Morgan fingerprint density at radius 3 is 2.90 bits per heavy atom. The smallest absolute Gasteiger partial charge is 0.243 e. The molecule has 108 valence electrons. The Morgan fingerprint density at radius 2 is 2.10 bits per heavy atom. The van der Waals surface area contributed by atoms with Crippen LogP contribution in [0.5, 0.6) is 0 Å². The van der Waals surface area contributed by atoms with E-state index in [2.05, 4.69) is 38.0 Å². The second kappa shape index (κ2) is 5.91. The van der Waals surface area contributed by atoms with Crippen molar-refractivity contribution >= 4 is 26.8 Å². The molecule has 1 aromatic carbocycles. The van der Waals surface area contributed by atoms with E-state index in [9.17, 15) is 0 Å². The first-order valence-corrected chi connectivity index (χ1v) is 7.63. The molecule has 0 radical (unpaired) electrons. The number of nitrogens with two attached hydrogens (primary N) is 1. The highest BCUT2D eigenvalue weighted by atomic mass is 79.9. The first-order chi connectivity index (χ1) is 10.2. The van der Waals surface area contributed by atoms with E-state index >= 15 is 0 Å². The van der Waals surface area contributed by atoms with Gasteiger partial charge in [-0.2, -0.15) is 4.98 Å². The Kier molecular flexibility index (Phi) is 3.98. The number of pyridine rings is 1. The summed E-state index contributed by atoms with van der Waals surface area (Å²) in [4.78, 5) is 8.96. The van der Waals surface area contributed by atoms with Crippen molar-refractivity contribution in [2.45, 2.75) is 25.8 Å². The average molecular weight is 347 g/mol. The summed E-state index contributed by atoms with van der Waals surface area (Å²) in [6, 6.07) is 9.67. The molecular formula is C15H15BrN4O. The topological polar surface area (TPSA) is 77.8 Å². The minimum atomic E-state index is -0.226. The Bertz CT molecular complexity index is 771. The van der Waals surface area contributed by atoms with Crippen molar-refractivity contribution in [3.8, 4) is 11.5 Å². The van der Waals surface area contributed by atoms with Gasteiger partial charge in [0.25, 0.3) is 0 Å². The number of halogens is 1. The Labute approximate surface area is 130 Å². The first-order valence-electron chi connectivity index (χ1n) is 6.84. The number of hydrogen-bond acceptors (Lipinski definition) is 5. The van der Waals surface area contributed by atoms with Gasteiger partial charge < -0.3 is 10.3 Å². The molecule has 0 spiro atoms. The Balaban J connectivity index is 2.02. The minimum Gasteiger partial charge on any atom is -0.337 e. The molecule has 3 rings (SSSR count). The van der Waals surface area contributed by atoms with E-state index in [4.69, 9.17) is 10.3 Å². The summed E-state index contributed by atoms with van der Waals surface area (Å²) in [5, 5.41) is 5.05. The molecule has 0 saturated heterocycles. The van der Waals surface area contributed by atoms with Gasteiger partial charge in [-0.25, -0.2) is 4.98 Å². The third kappa shape index (κ3) is 2.82. The van der Waals surface area contributed by atoms with Crippen LogP contribution in [0.25, 0.3) is 22.4 Å². The van der Waals surface area contributed by atoms with Crippen molar-refractivity contribution in [1.82, 2.24) is 15.1 Å². The van der Waals surface area contributed by atoms with Gasteiger partial charge in [-0.3, -0.25) is 0 Å². The molecule has 0 amide bonds. The molecule has 21 heavy (non-hydrogen) atoms. The predicted molar refractivity (Wildman–Crippen MR) is 84.6 cm³/mol. The lowest BCUT2D eigenvalue weighted by Gasteiger charge is -2.03. The average Bonchev–Trinajstić information content (AvgIpc) is 2.96. The molecule has 0 fully saturated rings. The quantitative estimate of drug-likeness (QED) is 0.776.